The topological polar surface area (TPSA) is 97.0 Å². The lowest BCUT2D eigenvalue weighted by Crippen LogP contribution is -2.32. The predicted octanol–water partition coefficient (Wildman–Crippen LogP) is 2.85. The second-order valence-corrected chi connectivity index (χ2v) is 7.11. The first-order valence-electron chi connectivity index (χ1n) is 9.58. The number of carbonyl (C=O) groups is 3. The van der Waals surface area contributed by atoms with Crippen LogP contribution < -0.4 is 20.3 Å². The monoisotopic (exact) mass is 411 g/mol. The Morgan fingerprint density at radius 3 is 2.53 bits per heavy atom. The van der Waals surface area contributed by atoms with E-state index in [-0.39, 0.29) is 18.2 Å². The highest BCUT2D eigenvalue weighted by atomic mass is 16.5. The van der Waals surface area contributed by atoms with E-state index in [4.69, 9.17) is 4.74 Å². The molecule has 0 saturated carbocycles. The van der Waals surface area contributed by atoms with E-state index < -0.39 is 12.0 Å². The first-order chi connectivity index (χ1) is 14.4. The Bertz CT molecular complexity index is 942. The highest BCUT2D eigenvalue weighted by Crippen LogP contribution is 2.34. The van der Waals surface area contributed by atoms with Gasteiger partial charge in [0.05, 0.1) is 25.8 Å². The van der Waals surface area contributed by atoms with E-state index in [1.807, 2.05) is 25.1 Å². The number of amides is 3. The maximum Gasteiger partial charge on any atom is 0.411 e. The third-order valence-electron chi connectivity index (χ3n) is 4.97. The maximum absolute atomic E-state index is 12.6. The Kier molecular flexibility index (Phi) is 6.56. The van der Waals surface area contributed by atoms with Gasteiger partial charge in [0.2, 0.25) is 11.8 Å². The molecule has 8 heteroatoms. The van der Waals surface area contributed by atoms with Crippen LogP contribution in [0.2, 0.25) is 0 Å². The molecule has 3 rings (SSSR count). The molecule has 1 fully saturated rings. The molecule has 1 heterocycles. The molecule has 30 heavy (non-hydrogen) atoms. The predicted molar refractivity (Wildman–Crippen MR) is 113 cm³/mol. The summed E-state index contributed by atoms with van der Waals surface area (Å²) in [7, 11) is 2.86. The molecule has 158 valence electrons. The third-order valence-corrected chi connectivity index (χ3v) is 4.97. The lowest BCUT2D eigenvalue weighted by atomic mass is 10.1. The van der Waals surface area contributed by atoms with Crippen molar-refractivity contribution in [1.29, 1.82) is 0 Å². The van der Waals surface area contributed by atoms with Gasteiger partial charge in [-0.15, -0.1) is 0 Å². The van der Waals surface area contributed by atoms with Crippen molar-refractivity contribution >= 4 is 29.3 Å². The minimum atomic E-state index is -0.545. The quantitative estimate of drug-likeness (QED) is 0.762. The number of aryl methyl sites for hydroxylation is 1. The van der Waals surface area contributed by atoms with Crippen molar-refractivity contribution in [3.05, 3.63) is 53.6 Å². The lowest BCUT2D eigenvalue weighted by molar-refractivity contribution is -0.126. The van der Waals surface area contributed by atoms with Crippen LogP contribution >= 0.6 is 0 Å². The normalized spacial score (nSPS) is 15.6. The van der Waals surface area contributed by atoms with Gasteiger partial charge in [-0.05, 0) is 42.3 Å². The van der Waals surface area contributed by atoms with Crippen molar-refractivity contribution in [2.45, 2.75) is 19.9 Å². The summed E-state index contributed by atoms with van der Waals surface area (Å²) in [6.07, 6.45) is -0.387. The average molecular weight is 411 g/mol. The number of nitrogens with zero attached hydrogens (tertiary/aromatic N) is 1. The average Bonchev–Trinajstić information content (AvgIpc) is 3.14. The first kappa shape index (κ1) is 21.2. The molecule has 1 atom stereocenters. The van der Waals surface area contributed by atoms with Crippen LogP contribution in [0.5, 0.6) is 5.75 Å². The van der Waals surface area contributed by atoms with Crippen molar-refractivity contribution in [3.8, 4) is 5.75 Å². The van der Waals surface area contributed by atoms with E-state index in [9.17, 15) is 14.4 Å². The third kappa shape index (κ3) is 4.89. The van der Waals surface area contributed by atoms with Gasteiger partial charge in [-0.25, -0.2) is 4.79 Å². The Balaban J connectivity index is 1.59. The molecule has 2 aromatic rings. The molecule has 0 aliphatic carbocycles. The number of nitrogens with one attached hydrogen (secondary N) is 2. The van der Waals surface area contributed by atoms with E-state index in [0.717, 1.165) is 11.1 Å². The van der Waals surface area contributed by atoms with Gasteiger partial charge < -0.3 is 19.7 Å². The Morgan fingerprint density at radius 2 is 1.87 bits per heavy atom. The number of anilines is 2. The van der Waals surface area contributed by atoms with Gasteiger partial charge in [-0.2, -0.15) is 0 Å². The van der Waals surface area contributed by atoms with Crippen LogP contribution in [-0.4, -0.2) is 38.7 Å². The molecule has 0 spiro atoms. The standard InChI is InChI=1S/C22H25N3O5/c1-14-4-9-19(29-2)18(10-14)25-13-16(11-20(25)26)21(27)23-12-15-5-7-17(8-6-15)24-22(28)30-3/h4-10,16H,11-13H2,1-3H3,(H,23,27)(H,24,28). The van der Waals surface area contributed by atoms with Gasteiger partial charge in [0.25, 0.3) is 0 Å². The fourth-order valence-corrected chi connectivity index (χ4v) is 3.34. The fraction of sp³-hybridized carbons (Fsp3) is 0.318. The second-order valence-electron chi connectivity index (χ2n) is 7.11. The second kappa shape index (κ2) is 9.30. The summed E-state index contributed by atoms with van der Waals surface area (Å²) in [5.41, 5.74) is 3.17. The number of ether oxygens (including phenoxy) is 2. The van der Waals surface area contributed by atoms with Crippen LogP contribution in [0.3, 0.4) is 0 Å². The number of carbonyl (C=O) groups excluding carboxylic acids is 3. The molecule has 0 radical (unpaired) electrons. The lowest BCUT2D eigenvalue weighted by Gasteiger charge is -2.20. The summed E-state index contributed by atoms with van der Waals surface area (Å²) in [5, 5.41) is 5.45. The summed E-state index contributed by atoms with van der Waals surface area (Å²) in [5.74, 6) is -0.0924. The Morgan fingerprint density at radius 1 is 1.13 bits per heavy atom. The van der Waals surface area contributed by atoms with E-state index in [0.29, 0.717) is 30.2 Å². The molecule has 1 unspecified atom stereocenters. The van der Waals surface area contributed by atoms with Crippen LogP contribution in [0.15, 0.2) is 42.5 Å². The van der Waals surface area contributed by atoms with E-state index in [1.54, 1.807) is 36.3 Å². The molecule has 1 aliphatic heterocycles. The summed E-state index contributed by atoms with van der Waals surface area (Å²) in [4.78, 5) is 38.0. The van der Waals surface area contributed by atoms with Gasteiger partial charge in [0.15, 0.2) is 0 Å². The summed E-state index contributed by atoms with van der Waals surface area (Å²) in [6.45, 7) is 2.59. The van der Waals surface area contributed by atoms with Crippen LogP contribution in [0.1, 0.15) is 17.5 Å². The minimum absolute atomic E-state index is 0.0997. The molecule has 8 nitrogen and oxygen atoms in total. The number of hydrogen-bond acceptors (Lipinski definition) is 5. The molecule has 1 aliphatic rings. The summed E-state index contributed by atoms with van der Waals surface area (Å²) in [6, 6.07) is 12.7. The first-order valence-corrected chi connectivity index (χ1v) is 9.58. The van der Waals surface area contributed by atoms with Gasteiger partial charge in [-0.3, -0.25) is 14.9 Å². The van der Waals surface area contributed by atoms with E-state index in [2.05, 4.69) is 15.4 Å². The van der Waals surface area contributed by atoms with Crippen LogP contribution in [0.25, 0.3) is 0 Å². The van der Waals surface area contributed by atoms with Gasteiger partial charge in [0, 0.05) is 25.2 Å². The Labute approximate surface area is 175 Å². The zero-order valence-electron chi connectivity index (χ0n) is 17.2. The summed E-state index contributed by atoms with van der Waals surface area (Å²) < 4.78 is 9.92. The highest BCUT2D eigenvalue weighted by Gasteiger charge is 2.36. The maximum atomic E-state index is 12.6. The van der Waals surface area contributed by atoms with E-state index >= 15 is 0 Å². The zero-order valence-corrected chi connectivity index (χ0v) is 17.2. The molecule has 0 aromatic heterocycles. The van der Waals surface area contributed by atoms with Crippen molar-refractivity contribution in [3.63, 3.8) is 0 Å². The van der Waals surface area contributed by atoms with Gasteiger partial charge in [0.1, 0.15) is 5.75 Å². The van der Waals surface area contributed by atoms with Crippen molar-refractivity contribution in [1.82, 2.24) is 5.32 Å². The van der Waals surface area contributed by atoms with Crippen LogP contribution in [0.4, 0.5) is 16.2 Å². The number of methoxy groups -OCH3 is 2. The van der Waals surface area contributed by atoms with Crippen molar-refractivity contribution < 1.29 is 23.9 Å². The molecule has 1 saturated heterocycles. The van der Waals surface area contributed by atoms with Crippen LogP contribution in [-0.2, 0) is 20.9 Å². The largest absolute Gasteiger partial charge is 0.495 e. The number of benzene rings is 2. The molecular formula is C22H25N3O5. The van der Waals surface area contributed by atoms with Gasteiger partial charge >= 0.3 is 6.09 Å². The molecular weight excluding hydrogens is 386 g/mol. The van der Waals surface area contributed by atoms with Crippen molar-refractivity contribution in [2.75, 3.05) is 31.0 Å². The minimum Gasteiger partial charge on any atom is -0.495 e. The summed E-state index contributed by atoms with van der Waals surface area (Å²) >= 11 is 0. The zero-order chi connectivity index (χ0) is 21.7. The fourth-order valence-electron chi connectivity index (χ4n) is 3.34. The van der Waals surface area contributed by atoms with Crippen LogP contribution in [0, 0.1) is 12.8 Å². The smallest absolute Gasteiger partial charge is 0.411 e. The number of rotatable bonds is 6. The Hall–Kier alpha value is -3.55. The van der Waals surface area contributed by atoms with Crippen molar-refractivity contribution in [2.24, 2.45) is 5.92 Å². The van der Waals surface area contributed by atoms with E-state index in [1.165, 1.54) is 7.11 Å². The molecule has 0 bridgehead atoms. The number of hydrogen-bond donors (Lipinski definition) is 2. The highest BCUT2D eigenvalue weighted by molar-refractivity contribution is 6.01. The molecule has 3 amide bonds. The SMILES string of the molecule is COC(=O)Nc1ccc(CNC(=O)C2CC(=O)N(c3cc(C)ccc3OC)C2)cc1. The molecule has 2 aromatic carbocycles. The molecule has 2 N–H and O–H groups in total. The van der Waals surface area contributed by atoms with Gasteiger partial charge in [-0.1, -0.05) is 18.2 Å².